The van der Waals surface area contributed by atoms with Gasteiger partial charge in [0.25, 0.3) is 5.91 Å². The highest BCUT2D eigenvalue weighted by Crippen LogP contribution is 2.21. The van der Waals surface area contributed by atoms with E-state index in [1.54, 1.807) is 27.3 Å². The van der Waals surface area contributed by atoms with Gasteiger partial charge >= 0.3 is 0 Å². The van der Waals surface area contributed by atoms with Crippen LogP contribution in [0.5, 0.6) is 5.75 Å². The lowest BCUT2D eigenvalue weighted by atomic mass is 10.1. The Labute approximate surface area is 95.8 Å². The summed E-state index contributed by atoms with van der Waals surface area (Å²) >= 11 is 0. The van der Waals surface area contributed by atoms with Crippen molar-refractivity contribution in [2.45, 2.75) is 6.92 Å². The zero-order chi connectivity index (χ0) is 12.1. The molecule has 4 heteroatoms. The highest BCUT2D eigenvalue weighted by molar-refractivity contribution is 5.96. The number of aryl methyl sites for hydroxylation is 1. The fourth-order valence-electron chi connectivity index (χ4n) is 1.30. The molecule has 0 saturated carbocycles. The van der Waals surface area contributed by atoms with Crippen LogP contribution in [0.1, 0.15) is 15.9 Å². The minimum atomic E-state index is -0.0743. The number of nitrogens with zero attached hydrogens (tertiary/aromatic N) is 1. The molecule has 0 atom stereocenters. The normalized spacial score (nSPS) is 10.0. The van der Waals surface area contributed by atoms with Crippen molar-refractivity contribution in [3.05, 3.63) is 29.3 Å². The molecule has 0 aliphatic heterocycles. The lowest BCUT2D eigenvalue weighted by Crippen LogP contribution is -2.22. The number of carbonyl (C=O) groups is 1. The van der Waals surface area contributed by atoms with Gasteiger partial charge in [0.2, 0.25) is 0 Å². The summed E-state index contributed by atoms with van der Waals surface area (Å²) in [4.78, 5) is 13.4. The molecule has 88 valence electrons. The van der Waals surface area contributed by atoms with Gasteiger partial charge in [-0.1, -0.05) is 11.6 Å². The van der Waals surface area contributed by atoms with E-state index in [0.717, 1.165) is 5.56 Å². The van der Waals surface area contributed by atoms with Crippen LogP contribution in [-0.4, -0.2) is 38.8 Å². The Hall–Kier alpha value is -1.55. The Morgan fingerprint density at radius 1 is 1.38 bits per heavy atom. The number of rotatable bonds is 4. The van der Waals surface area contributed by atoms with E-state index in [4.69, 9.17) is 9.47 Å². The van der Waals surface area contributed by atoms with Crippen LogP contribution >= 0.6 is 0 Å². The maximum atomic E-state index is 11.9. The third-order valence-corrected chi connectivity index (χ3v) is 2.10. The molecule has 0 radical (unpaired) electrons. The fourth-order valence-corrected chi connectivity index (χ4v) is 1.30. The summed E-state index contributed by atoms with van der Waals surface area (Å²) in [6.07, 6.45) is 0. The Bertz CT molecular complexity index is 375. The van der Waals surface area contributed by atoms with Gasteiger partial charge in [0.05, 0.1) is 5.56 Å². The summed E-state index contributed by atoms with van der Waals surface area (Å²) < 4.78 is 10.2. The number of hydrogen-bond acceptors (Lipinski definition) is 3. The topological polar surface area (TPSA) is 38.8 Å². The predicted molar refractivity (Wildman–Crippen MR) is 61.7 cm³/mol. The third-order valence-electron chi connectivity index (χ3n) is 2.10. The number of benzene rings is 1. The number of ether oxygens (including phenoxy) is 2. The molecular formula is C12H17NO3. The molecule has 1 amide bonds. The van der Waals surface area contributed by atoms with Crippen molar-refractivity contribution in [3.8, 4) is 5.75 Å². The summed E-state index contributed by atoms with van der Waals surface area (Å²) in [5.41, 5.74) is 1.58. The second-order valence-corrected chi connectivity index (χ2v) is 3.75. The highest BCUT2D eigenvalue weighted by atomic mass is 16.7. The van der Waals surface area contributed by atoms with Crippen LogP contribution in [0.15, 0.2) is 18.2 Å². The molecule has 0 N–H and O–H groups in total. The summed E-state index contributed by atoms with van der Waals surface area (Å²) in [6, 6.07) is 5.50. The zero-order valence-electron chi connectivity index (χ0n) is 10.1. The number of hydrogen-bond donors (Lipinski definition) is 0. The number of carbonyl (C=O) groups excluding carboxylic acids is 1. The van der Waals surface area contributed by atoms with Gasteiger partial charge in [-0.3, -0.25) is 4.79 Å². The molecule has 0 bridgehead atoms. The third kappa shape index (κ3) is 2.97. The molecule has 4 nitrogen and oxygen atoms in total. The average molecular weight is 223 g/mol. The van der Waals surface area contributed by atoms with Crippen LogP contribution in [-0.2, 0) is 4.74 Å². The Morgan fingerprint density at radius 3 is 2.62 bits per heavy atom. The maximum absolute atomic E-state index is 11.9. The Kier molecular flexibility index (Phi) is 4.31. The Morgan fingerprint density at radius 2 is 2.06 bits per heavy atom. The molecule has 0 unspecified atom stereocenters. The fraction of sp³-hybridized carbons (Fsp3) is 0.417. The van der Waals surface area contributed by atoms with Crippen LogP contribution in [0, 0.1) is 6.92 Å². The molecule has 0 saturated heterocycles. The van der Waals surface area contributed by atoms with Gasteiger partial charge in [0.15, 0.2) is 6.79 Å². The van der Waals surface area contributed by atoms with Crippen LogP contribution < -0.4 is 4.74 Å². The van der Waals surface area contributed by atoms with Crippen LogP contribution in [0.3, 0.4) is 0 Å². The molecule has 0 fully saturated rings. The van der Waals surface area contributed by atoms with E-state index in [1.807, 2.05) is 19.1 Å². The largest absolute Gasteiger partial charge is 0.467 e. The number of amides is 1. The quantitative estimate of drug-likeness (QED) is 0.729. The first-order valence-electron chi connectivity index (χ1n) is 5.00. The van der Waals surface area contributed by atoms with Crippen molar-refractivity contribution < 1.29 is 14.3 Å². The van der Waals surface area contributed by atoms with Crippen molar-refractivity contribution in [1.29, 1.82) is 0 Å². The standard InChI is InChI=1S/C12H17NO3/c1-9-5-6-11(16-8-15-4)10(7-9)12(14)13(2)3/h5-7H,8H2,1-4H3. The van der Waals surface area contributed by atoms with Gasteiger partial charge in [-0.15, -0.1) is 0 Å². The monoisotopic (exact) mass is 223 g/mol. The van der Waals surface area contributed by atoms with Gasteiger partial charge < -0.3 is 14.4 Å². The van der Waals surface area contributed by atoms with E-state index in [0.29, 0.717) is 11.3 Å². The highest BCUT2D eigenvalue weighted by Gasteiger charge is 2.14. The van der Waals surface area contributed by atoms with Gasteiger partial charge in [0.1, 0.15) is 5.75 Å². The SMILES string of the molecule is COCOc1ccc(C)cc1C(=O)N(C)C. The molecule has 0 aliphatic rings. The first-order chi connectivity index (χ1) is 7.56. The van der Waals surface area contributed by atoms with Crippen molar-refractivity contribution in [2.75, 3.05) is 28.0 Å². The molecule has 0 aliphatic carbocycles. The molecule has 1 aromatic rings. The summed E-state index contributed by atoms with van der Waals surface area (Å²) in [5, 5.41) is 0. The molecule has 1 rings (SSSR count). The molecular weight excluding hydrogens is 206 g/mol. The molecule has 0 heterocycles. The predicted octanol–water partition coefficient (Wildman–Crippen LogP) is 1.68. The van der Waals surface area contributed by atoms with Crippen LogP contribution in [0.2, 0.25) is 0 Å². The lowest BCUT2D eigenvalue weighted by Gasteiger charge is -2.15. The van der Waals surface area contributed by atoms with Gasteiger partial charge in [-0.25, -0.2) is 0 Å². The lowest BCUT2D eigenvalue weighted by molar-refractivity contribution is 0.0495. The minimum Gasteiger partial charge on any atom is -0.467 e. The van der Waals surface area contributed by atoms with Crippen molar-refractivity contribution in [1.82, 2.24) is 4.90 Å². The molecule has 16 heavy (non-hydrogen) atoms. The minimum absolute atomic E-state index is 0.0743. The second-order valence-electron chi connectivity index (χ2n) is 3.75. The van der Waals surface area contributed by atoms with Gasteiger partial charge in [0, 0.05) is 21.2 Å². The van der Waals surface area contributed by atoms with Crippen LogP contribution in [0.25, 0.3) is 0 Å². The van der Waals surface area contributed by atoms with E-state index in [1.165, 1.54) is 4.90 Å². The molecule has 0 aromatic heterocycles. The smallest absolute Gasteiger partial charge is 0.257 e. The Balaban J connectivity index is 3.03. The first-order valence-corrected chi connectivity index (χ1v) is 5.00. The zero-order valence-corrected chi connectivity index (χ0v) is 10.1. The van der Waals surface area contributed by atoms with Crippen LogP contribution in [0.4, 0.5) is 0 Å². The first kappa shape index (κ1) is 12.5. The molecule has 0 spiro atoms. The van der Waals surface area contributed by atoms with E-state index in [9.17, 15) is 4.79 Å². The van der Waals surface area contributed by atoms with Crippen molar-refractivity contribution in [2.24, 2.45) is 0 Å². The summed E-state index contributed by atoms with van der Waals surface area (Å²) in [6.45, 7) is 2.07. The summed E-state index contributed by atoms with van der Waals surface area (Å²) in [5.74, 6) is 0.473. The van der Waals surface area contributed by atoms with E-state index < -0.39 is 0 Å². The number of methoxy groups -OCH3 is 1. The van der Waals surface area contributed by atoms with E-state index in [2.05, 4.69) is 0 Å². The second kappa shape index (κ2) is 5.51. The van der Waals surface area contributed by atoms with Gasteiger partial charge in [-0.2, -0.15) is 0 Å². The van der Waals surface area contributed by atoms with E-state index in [-0.39, 0.29) is 12.7 Å². The van der Waals surface area contributed by atoms with Crippen molar-refractivity contribution >= 4 is 5.91 Å². The maximum Gasteiger partial charge on any atom is 0.257 e. The van der Waals surface area contributed by atoms with E-state index >= 15 is 0 Å². The molecule has 1 aromatic carbocycles. The summed E-state index contributed by atoms with van der Waals surface area (Å²) in [7, 11) is 4.97. The van der Waals surface area contributed by atoms with Crippen molar-refractivity contribution in [3.63, 3.8) is 0 Å². The van der Waals surface area contributed by atoms with Gasteiger partial charge in [-0.05, 0) is 19.1 Å². The average Bonchev–Trinajstić information content (AvgIpc) is 2.26.